The minimum atomic E-state index is 0.316. The summed E-state index contributed by atoms with van der Waals surface area (Å²) in [6.45, 7) is 2.28. The third kappa shape index (κ3) is 2.02. The summed E-state index contributed by atoms with van der Waals surface area (Å²) in [5.74, 6) is 0.384. The summed E-state index contributed by atoms with van der Waals surface area (Å²) < 4.78 is 0. The van der Waals surface area contributed by atoms with Crippen molar-refractivity contribution in [2.45, 2.75) is 18.9 Å². The maximum atomic E-state index is 2.56. The third-order valence-corrected chi connectivity index (χ3v) is 6.33. The molecule has 1 nitrogen and oxygen atoms in total. The van der Waals surface area contributed by atoms with E-state index in [0.717, 1.165) is 0 Å². The summed E-state index contributed by atoms with van der Waals surface area (Å²) in [5, 5.41) is 5.42. The van der Waals surface area contributed by atoms with Crippen LogP contribution in [-0.4, -0.2) is 6.04 Å². The normalized spacial score (nSPS) is 20.3. The second kappa shape index (κ2) is 5.84. The van der Waals surface area contributed by atoms with Gasteiger partial charge in [0.1, 0.15) is 0 Å². The molecule has 28 heavy (non-hydrogen) atoms. The van der Waals surface area contributed by atoms with Gasteiger partial charge in [0.05, 0.1) is 11.7 Å². The summed E-state index contributed by atoms with van der Waals surface area (Å²) in [6, 6.07) is 28.9. The molecular weight excluding hydrogens is 338 g/mol. The molecule has 134 valence electrons. The average Bonchev–Trinajstić information content (AvgIpc) is 3.11. The molecule has 4 aromatic carbocycles. The van der Waals surface area contributed by atoms with Crippen LogP contribution in [0.25, 0.3) is 21.5 Å². The van der Waals surface area contributed by atoms with E-state index < -0.39 is 0 Å². The second-order valence-corrected chi connectivity index (χ2v) is 7.82. The lowest BCUT2D eigenvalue weighted by Crippen LogP contribution is -2.29. The summed E-state index contributed by atoms with van der Waals surface area (Å²) in [6.07, 6.45) is 6.88. The summed E-state index contributed by atoms with van der Waals surface area (Å²) in [5.41, 5.74) is 5.54. The van der Waals surface area contributed by atoms with Gasteiger partial charge in [0, 0.05) is 17.0 Å². The molecule has 2 aliphatic rings. The fourth-order valence-electron chi connectivity index (χ4n) is 5.20. The predicted octanol–water partition coefficient (Wildman–Crippen LogP) is 7.11. The molecule has 0 saturated carbocycles. The van der Waals surface area contributed by atoms with Crippen LogP contribution in [-0.2, 0) is 0 Å². The lowest BCUT2D eigenvalue weighted by atomic mass is 9.82. The van der Waals surface area contributed by atoms with E-state index in [1.54, 1.807) is 0 Å². The molecule has 0 spiro atoms. The highest BCUT2D eigenvalue weighted by atomic mass is 15.2. The molecule has 0 aromatic heterocycles. The van der Waals surface area contributed by atoms with Crippen LogP contribution in [0.3, 0.4) is 0 Å². The molecule has 0 radical (unpaired) electrons. The van der Waals surface area contributed by atoms with Crippen molar-refractivity contribution in [2.75, 3.05) is 4.90 Å². The monoisotopic (exact) mass is 359 g/mol. The molecule has 1 heteroatoms. The SMILES string of the molecule is CC1=CC=C[C@@H]2C1c1c(c3ccccc3c3ccccc13)N2c1ccccc1. The Morgan fingerprint density at radius 3 is 2.04 bits per heavy atom. The number of fused-ring (bicyclic) bond motifs is 8. The van der Waals surface area contributed by atoms with Crippen LogP contribution >= 0.6 is 0 Å². The Hall–Kier alpha value is -3.32. The minimum Gasteiger partial charge on any atom is -0.333 e. The third-order valence-electron chi connectivity index (χ3n) is 6.33. The largest absolute Gasteiger partial charge is 0.333 e. The number of nitrogens with zero attached hydrogens (tertiary/aromatic N) is 1. The summed E-state index contributed by atoms with van der Waals surface area (Å²) in [7, 11) is 0. The van der Waals surface area contributed by atoms with E-state index in [1.807, 2.05) is 0 Å². The van der Waals surface area contributed by atoms with Crippen LogP contribution in [0.2, 0.25) is 0 Å². The number of rotatable bonds is 1. The van der Waals surface area contributed by atoms with Gasteiger partial charge in [-0.1, -0.05) is 90.5 Å². The van der Waals surface area contributed by atoms with Gasteiger partial charge in [0.15, 0.2) is 0 Å². The highest BCUT2D eigenvalue weighted by Gasteiger charge is 2.41. The van der Waals surface area contributed by atoms with Crippen LogP contribution in [0.5, 0.6) is 0 Å². The fourth-order valence-corrected chi connectivity index (χ4v) is 5.20. The van der Waals surface area contributed by atoms with Crippen molar-refractivity contribution in [2.24, 2.45) is 0 Å². The Morgan fingerprint density at radius 1 is 0.679 bits per heavy atom. The Kier molecular flexibility index (Phi) is 3.28. The van der Waals surface area contributed by atoms with Crippen LogP contribution in [0, 0.1) is 0 Å². The van der Waals surface area contributed by atoms with Gasteiger partial charge in [0.25, 0.3) is 0 Å². The van der Waals surface area contributed by atoms with E-state index in [0.29, 0.717) is 12.0 Å². The van der Waals surface area contributed by atoms with Crippen molar-refractivity contribution in [1.82, 2.24) is 0 Å². The topological polar surface area (TPSA) is 3.24 Å². The van der Waals surface area contributed by atoms with Gasteiger partial charge in [0.2, 0.25) is 0 Å². The van der Waals surface area contributed by atoms with Crippen LogP contribution in [0.1, 0.15) is 18.4 Å². The number of para-hydroxylation sites is 1. The summed E-state index contributed by atoms with van der Waals surface area (Å²) >= 11 is 0. The van der Waals surface area contributed by atoms with Gasteiger partial charge in [-0.25, -0.2) is 0 Å². The lowest BCUT2D eigenvalue weighted by molar-refractivity contribution is 0.712. The molecule has 0 amide bonds. The van der Waals surface area contributed by atoms with E-state index in [1.165, 1.54) is 44.1 Å². The molecule has 1 aliphatic carbocycles. The molecule has 4 aromatic rings. The van der Waals surface area contributed by atoms with Crippen LogP contribution < -0.4 is 4.90 Å². The van der Waals surface area contributed by atoms with Crippen molar-refractivity contribution >= 4 is 32.9 Å². The highest BCUT2D eigenvalue weighted by Crippen LogP contribution is 2.55. The van der Waals surface area contributed by atoms with Gasteiger partial charge in [-0.2, -0.15) is 0 Å². The van der Waals surface area contributed by atoms with Gasteiger partial charge in [-0.05, 0) is 40.8 Å². The van der Waals surface area contributed by atoms with Crippen LogP contribution in [0.4, 0.5) is 11.4 Å². The van der Waals surface area contributed by atoms with Gasteiger partial charge in [-0.15, -0.1) is 0 Å². The average molecular weight is 359 g/mol. The Morgan fingerprint density at radius 2 is 1.29 bits per heavy atom. The Bertz CT molecular complexity index is 1280. The molecule has 1 aliphatic heterocycles. The zero-order valence-electron chi connectivity index (χ0n) is 15.8. The summed E-state index contributed by atoms with van der Waals surface area (Å²) in [4.78, 5) is 2.56. The molecule has 2 atom stereocenters. The maximum absolute atomic E-state index is 2.56. The van der Waals surface area contributed by atoms with Gasteiger partial charge in [-0.3, -0.25) is 0 Å². The molecule has 0 bridgehead atoms. The van der Waals surface area contributed by atoms with Crippen molar-refractivity contribution in [3.63, 3.8) is 0 Å². The number of hydrogen-bond acceptors (Lipinski definition) is 1. The Labute approximate surface area is 165 Å². The van der Waals surface area contributed by atoms with Crippen molar-refractivity contribution < 1.29 is 0 Å². The van der Waals surface area contributed by atoms with E-state index >= 15 is 0 Å². The number of anilines is 2. The van der Waals surface area contributed by atoms with E-state index in [9.17, 15) is 0 Å². The first-order valence-corrected chi connectivity index (χ1v) is 9.97. The Balaban J connectivity index is 1.81. The first kappa shape index (κ1) is 15.7. The second-order valence-electron chi connectivity index (χ2n) is 7.82. The highest BCUT2D eigenvalue weighted by molar-refractivity contribution is 6.17. The first-order valence-electron chi connectivity index (χ1n) is 9.97. The van der Waals surface area contributed by atoms with Gasteiger partial charge >= 0.3 is 0 Å². The zero-order valence-corrected chi connectivity index (χ0v) is 15.8. The lowest BCUT2D eigenvalue weighted by Gasteiger charge is -2.30. The maximum Gasteiger partial charge on any atom is 0.0632 e. The molecule has 0 saturated heterocycles. The minimum absolute atomic E-state index is 0.316. The molecular formula is C27H21N. The number of hydrogen-bond donors (Lipinski definition) is 0. The van der Waals surface area contributed by atoms with Crippen molar-refractivity contribution in [3.05, 3.63) is 108 Å². The van der Waals surface area contributed by atoms with E-state index in [-0.39, 0.29) is 0 Å². The standard InChI is InChI=1S/C27H21N/c1-18-10-9-17-24-25(18)26-22-15-7-5-13-20(22)21-14-6-8-16-23(21)27(26)28(24)19-11-3-2-4-12-19/h2-17,24-25H,1H3/t24-,25?/m1/s1. The molecule has 1 unspecified atom stereocenters. The van der Waals surface area contributed by atoms with E-state index in [4.69, 9.17) is 0 Å². The molecule has 6 rings (SSSR count). The number of benzene rings is 4. The quantitative estimate of drug-likeness (QED) is 0.327. The van der Waals surface area contributed by atoms with Crippen LogP contribution in [0.15, 0.2) is 103 Å². The smallest absolute Gasteiger partial charge is 0.0632 e. The van der Waals surface area contributed by atoms with Crippen molar-refractivity contribution in [3.8, 4) is 0 Å². The molecule has 0 fully saturated rings. The first-order chi connectivity index (χ1) is 13.8. The van der Waals surface area contributed by atoms with E-state index in [2.05, 4.69) is 109 Å². The van der Waals surface area contributed by atoms with Gasteiger partial charge < -0.3 is 4.90 Å². The molecule has 1 heterocycles. The van der Waals surface area contributed by atoms with Crippen molar-refractivity contribution in [1.29, 1.82) is 0 Å². The predicted molar refractivity (Wildman–Crippen MR) is 119 cm³/mol. The number of allylic oxidation sites excluding steroid dienone is 2. The zero-order chi connectivity index (χ0) is 18.7. The fraction of sp³-hybridized carbons (Fsp3) is 0.111. The molecule has 0 N–H and O–H groups in total.